The number of rotatable bonds is 3. The molecule has 3 nitrogen and oxygen atoms in total. The van der Waals surface area contributed by atoms with Gasteiger partial charge in [-0.2, -0.15) is 0 Å². The first kappa shape index (κ1) is 11.5. The molecule has 1 atom stereocenters. The number of carboxylic acid groups (broad SMARTS) is 1. The predicted molar refractivity (Wildman–Crippen MR) is 63.5 cm³/mol. The third kappa shape index (κ3) is 2.95. The SMILES string of the molecule is C[C@H](N)Cc1ccc(I)cc1C(=O)O. The molecule has 0 aromatic heterocycles. The van der Waals surface area contributed by atoms with Crippen molar-refractivity contribution < 1.29 is 9.90 Å². The van der Waals surface area contributed by atoms with E-state index in [0.717, 1.165) is 9.13 Å². The maximum Gasteiger partial charge on any atom is 0.336 e. The second-order valence-corrected chi connectivity index (χ2v) is 4.53. The lowest BCUT2D eigenvalue weighted by Crippen LogP contribution is -2.19. The number of aromatic carboxylic acids is 1. The molecule has 0 aliphatic heterocycles. The van der Waals surface area contributed by atoms with Crippen LogP contribution < -0.4 is 5.73 Å². The van der Waals surface area contributed by atoms with E-state index in [4.69, 9.17) is 10.8 Å². The summed E-state index contributed by atoms with van der Waals surface area (Å²) in [5.74, 6) is -0.890. The highest BCUT2D eigenvalue weighted by atomic mass is 127. The summed E-state index contributed by atoms with van der Waals surface area (Å²) >= 11 is 2.09. The summed E-state index contributed by atoms with van der Waals surface area (Å²) in [6.45, 7) is 1.86. The summed E-state index contributed by atoms with van der Waals surface area (Å²) in [6.07, 6.45) is 0.596. The fourth-order valence-corrected chi connectivity index (χ4v) is 1.76. The van der Waals surface area contributed by atoms with Crippen molar-refractivity contribution in [3.8, 4) is 0 Å². The summed E-state index contributed by atoms with van der Waals surface area (Å²) in [5, 5.41) is 8.96. The van der Waals surface area contributed by atoms with E-state index < -0.39 is 5.97 Å². The minimum Gasteiger partial charge on any atom is -0.478 e. The van der Waals surface area contributed by atoms with Gasteiger partial charge in [-0.3, -0.25) is 0 Å². The first-order chi connectivity index (χ1) is 6.50. The minimum atomic E-state index is -0.890. The van der Waals surface area contributed by atoms with Gasteiger partial charge in [0, 0.05) is 9.61 Å². The van der Waals surface area contributed by atoms with Crippen molar-refractivity contribution in [2.45, 2.75) is 19.4 Å². The average Bonchev–Trinajstić information content (AvgIpc) is 2.07. The molecule has 0 saturated carbocycles. The summed E-state index contributed by atoms with van der Waals surface area (Å²) < 4.78 is 0.924. The van der Waals surface area contributed by atoms with Gasteiger partial charge < -0.3 is 10.8 Å². The van der Waals surface area contributed by atoms with E-state index in [1.54, 1.807) is 6.07 Å². The molecule has 0 unspecified atom stereocenters. The molecule has 1 rings (SSSR count). The molecule has 0 amide bonds. The first-order valence-electron chi connectivity index (χ1n) is 4.28. The summed E-state index contributed by atoms with van der Waals surface area (Å²) in [7, 11) is 0. The van der Waals surface area contributed by atoms with Crippen molar-refractivity contribution in [2.24, 2.45) is 5.73 Å². The molecule has 1 aromatic carbocycles. The number of halogens is 1. The van der Waals surface area contributed by atoms with E-state index >= 15 is 0 Å². The minimum absolute atomic E-state index is 0.0202. The second-order valence-electron chi connectivity index (χ2n) is 3.29. The van der Waals surface area contributed by atoms with E-state index in [2.05, 4.69) is 22.6 Å². The standard InChI is InChI=1S/C10H12INO2/c1-6(12)4-7-2-3-8(11)5-9(7)10(13)14/h2-3,5-6H,4,12H2,1H3,(H,13,14)/t6-/m0/s1. The third-order valence-electron chi connectivity index (χ3n) is 1.84. The molecule has 0 saturated heterocycles. The zero-order valence-electron chi connectivity index (χ0n) is 7.83. The molecule has 0 aliphatic rings. The Morgan fingerprint density at radius 1 is 1.64 bits per heavy atom. The maximum absolute atomic E-state index is 10.9. The van der Waals surface area contributed by atoms with Gasteiger partial charge >= 0.3 is 5.97 Å². The van der Waals surface area contributed by atoms with E-state index in [9.17, 15) is 4.79 Å². The molecule has 0 bridgehead atoms. The first-order valence-corrected chi connectivity index (χ1v) is 5.36. The Hall–Kier alpha value is -0.620. The zero-order valence-corrected chi connectivity index (χ0v) is 9.98. The van der Waals surface area contributed by atoms with Gasteiger partial charge in [0.15, 0.2) is 0 Å². The van der Waals surface area contributed by atoms with Crippen molar-refractivity contribution in [2.75, 3.05) is 0 Å². The van der Waals surface area contributed by atoms with Gasteiger partial charge in [0.2, 0.25) is 0 Å². The monoisotopic (exact) mass is 305 g/mol. The largest absolute Gasteiger partial charge is 0.478 e. The Balaban J connectivity index is 3.08. The van der Waals surface area contributed by atoms with Crippen molar-refractivity contribution >= 4 is 28.6 Å². The highest BCUT2D eigenvalue weighted by Gasteiger charge is 2.11. The van der Waals surface area contributed by atoms with E-state index in [-0.39, 0.29) is 6.04 Å². The van der Waals surface area contributed by atoms with E-state index in [0.29, 0.717) is 12.0 Å². The van der Waals surface area contributed by atoms with Crippen LogP contribution >= 0.6 is 22.6 Å². The summed E-state index contributed by atoms with van der Waals surface area (Å²) in [6, 6.07) is 5.37. The van der Waals surface area contributed by atoms with Gasteiger partial charge in [0.05, 0.1) is 5.56 Å². The Morgan fingerprint density at radius 2 is 2.29 bits per heavy atom. The average molecular weight is 305 g/mol. The van der Waals surface area contributed by atoms with Gasteiger partial charge in [0.25, 0.3) is 0 Å². The summed E-state index contributed by atoms with van der Waals surface area (Å²) in [5.41, 5.74) is 6.79. The lowest BCUT2D eigenvalue weighted by atomic mass is 10.0. The number of hydrogen-bond acceptors (Lipinski definition) is 2. The Bertz CT molecular complexity index is 350. The molecule has 0 spiro atoms. The Kier molecular flexibility index (Phi) is 3.88. The molecule has 0 aliphatic carbocycles. The fourth-order valence-electron chi connectivity index (χ4n) is 1.27. The number of benzene rings is 1. The van der Waals surface area contributed by atoms with Gasteiger partial charge in [-0.15, -0.1) is 0 Å². The molecule has 0 heterocycles. The van der Waals surface area contributed by atoms with Crippen LogP contribution in [0.4, 0.5) is 0 Å². The van der Waals surface area contributed by atoms with Crippen LogP contribution in [0.3, 0.4) is 0 Å². The van der Waals surface area contributed by atoms with Gasteiger partial charge in [-0.1, -0.05) is 6.07 Å². The van der Waals surface area contributed by atoms with Crippen LogP contribution in [-0.4, -0.2) is 17.1 Å². The van der Waals surface area contributed by atoms with Crippen LogP contribution in [0.2, 0.25) is 0 Å². The van der Waals surface area contributed by atoms with Crippen LogP contribution in [0.1, 0.15) is 22.8 Å². The second kappa shape index (κ2) is 4.75. The van der Waals surface area contributed by atoms with Crippen LogP contribution in [0.5, 0.6) is 0 Å². The Morgan fingerprint density at radius 3 is 2.79 bits per heavy atom. The van der Waals surface area contributed by atoms with Crippen molar-refractivity contribution in [1.29, 1.82) is 0 Å². The van der Waals surface area contributed by atoms with Crippen LogP contribution in [0.15, 0.2) is 18.2 Å². The van der Waals surface area contributed by atoms with Crippen molar-refractivity contribution in [3.63, 3.8) is 0 Å². The summed E-state index contributed by atoms with van der Waals surface area (Å²) in [4.78, 5) is 10.9. The molecule has 4 heteroatoms. The molecule has 0 fully saturated rings. The van der Waals surface area contributed by atoms with E-state index in [1.165, 1.54) is 0 Å². The smallest absolute Gasteiger partial charge is 0.336 e. The quantitative estimate of drug-likeness (QED) is 0.838. The van der Waals surface area contributed by atoms with Crippen LogP contribution in [-0.2, 0) is 6.42 Å². The molecule has 76 valence electrons. The van der Waals surface area contributed by atoms with Crippen molar-refractivity contribution in [3.05, 3.63) is 32.9 Å². The molecular formula is C10H12INO2. The maximum atomic E-state index is 10.9. The Labute approximate surface area is 96.4 Å². The number of hydrogen-bond donors (Lipinski definition) is 2. The van der Waals surface area contributed by atoms with Gasteiger partial charge in [-0.25, -0.2) is 4.79 Å². The number of nitrogens with two attached hydrogens (primary N) is 1. The number of carboxylic acids is 1. The predicted octanol–water partition coefficient (Wildman–Crippen LogP) is 1.88. The lowest BCUT2D eigenvalue weighted by Gasteiger charge is -2.08. The molecular weight excluding hydrogens is 293 g/mol. The highest BCUT2D eigenvalue weighted by molar-refractivity contribution is 14.1. The van der Waals surface area contributed by atoms with Crippen molar-refractivity contribution in [1.82, 2.24) is 0 Å². The highest BCUT2D eigenvalue weighted by Crippen LogP contribution is 2.15. The van der Waals surface area contributed by atoms with Crippen LogP contribution in [0.25, 0.3) is 0 Å². The topological polar surface area (TPSA) is 63.3 Å². The molecule has 0 radical (unpaired) electrons. The molecule has 3 N–H and O–H groups in total. The van der Waals surface area contributed by atoms with Gasteiger partial charge in [0.1, 0.15) is 0 Å². The van der Waals surface area contributed by atoms with Crippen LogP contribution in [0, 0.1) is 3.57 Å². The van der Waals surface area contributed by atoms with E-state index in [1.807, 2.05) is 19.1 Å². The normalized spacial score (nSPS) is 12.5. The zero-order chi connectivity index (χ0) is 10.7. The number of carbonyl (C=O) groups is 1. The molecule has 14 heavy (non-hydrogen) atoms. The molecule has 1 aromatic rings. The third-order valence-corrected chi connectivity index (χ3v) is 2.52. The van der Waals surface area contributed by atoms with Gasteiger partial charge in [-0.05, 0) is 53.6 Å². The fraction of sp³-hybridized carbons (Fsp3) is 0.300. The lowest BCUT2D eigenvalue weighted by molar-refractivity contribution is 0.0695.